The molecule has 0 aliphatic rings. The zero-order valence-electron chi connectivity index (χ0n) is 12.8. The number of nitrogens with one attached hydrogen (secondary N) is 1. The second-order valence-electron chi connectivity index (χ2n) is 5.18. The number of aryl methyl sites for hydroxylation is 3. The average molecular weight is 283 g/mol. The van der Waals surface area contributed by atoms with Gasteiger partial charge in [0.1, 0.15) is 5.75 Å². The average Bonchev–Trinajstić information content (AvgIpc) is 2.47. The third kappa shape index (κ3) is 4.09. The van der Waals surface area contributed by atoms with Crippen LogP contribution in [-0.4, -0.2) is 13.0 Å². The Hall–Kier alpha value is -2.29. The normalized spacial score (nSPS) is 10.2. The van der Waals surface area contributed by atoms with Gasteiger partial charge >= 0.3 is 0 Å². The second-order valence-corrected chi connectivity index (χ2v) is 5.18. The number of para-hydroxylation sites is 2. The molecule has 0 aliphatic carbocycles. The Morgan fingerprint density at radius 3 is 2.62 bits per heavy atom. The molecule has 0 heterocycles. The summed E-state index contributed by atoms with van der Waals surface area (Å²) in [4.78, 5) is 12.1. The zero-order chi connectivity index (χ0) is 15.2. The van der Waals surface area contributed by atoms with Gasteiger partial charge < -0.3 is 10.1 Å². The maximum Gasteiger partial charge on any atom is 0.224 e. The van der Waals surface area contributed by atoms with Crippen molar-refractivity contribution >= 4 is 11.6 Å². The van der Waals surface area contributed by atoms with E-state index in [1.807, 2.05) is 24.3 Å². The first-order chi connectivity index (χ1) is 10.1. The largest absolute Gasteiger partial charge is 0.495 e. The quantitative estimate of drug-likeness (QED) is 0.904. The summed E-state index contributed by atoms with van der Waals surface area (Å²) in [6, 6.07) is 13.8. The fraction of sp³-hybridized carbons (Fsp3) is 0.278. The summed E-state index contributed by atoms with van der Waals surface area (Å²) in [5, 5.41) is 2.90. The van der Waals surface area contributed by atoms with Crippen molar-refractivity contribution in [3.05, 3.63) is 59.2 Å². The van der Waals surface area contributed by atoms with Crippen LogP contribution in [0.1, 0.15) is 23.1 Å². The summed E-state index contributed by atoms with van der Waals surface area (Å²) >= 11 is 0. The summed E-state index contributed by atoms with van der Waals surface area (Å²) in [6.45, 7) is 4.16. The van der Waals surface area contributed by atoms with Crippen molar-refractivity contribution in [3.8, 4) is 5.75 Å². The van der Waals surface area contributed by atoms with Crippen molar-refractivity contribution in [2.24, 2.45) is 0 Å². The number of carbonyl (C=O) groups excluding carboxylic acids is 1. The van der Waals surface area contributed by atoms with E-state index in [0.29, 0.717) is 17.9 Å². The molecule has 0 aliphatic heterocycles. The molecule has 2 rings (SSSR count). The van der Waals surface area contributed by atoms with Crippen molar-refractivity contribution in [3.63, 3.8) is 0 Å². The van der Waals surface area contributed by atoms with Crippen LogP contribution in [0.15, 0.2) is 42.5 Å². The molecule has 2 aromatic carbocycles. The topological polar surface area (TPSA) is 38.3 Å². The van der Waals surface area contributed by atoms with Gasteiger partial charge in [0.15, 0.2) is 0 Å². The van der Waals surface area contributed by atoms with E-state index in [1.165, 1.54) is 16.7 Å². The Balaban J connectivity index is 1.96. The lowest BCUT2D eigenvalue weighted by Gasteiger charge is -2.10. The Morgan fingerprint density at radius 2 is 1.90 bits per heavy atom. The number of benzene rings is 2. The molecule has 0 radical (unpaired) electrons. The van der Waals surface area contributed by atoms with Crippen LogP contribution in [0.25, 0.3) is 0 Å². The minimum atomic E-state index is -0.000486. The van der Waals surface area contributed by atoms with Gasteiger partial charge in [0.25, 0.3) is 0 Å². The number of anilines is 1. The van der Waals surface area contributed by atoms with Crippen LogP contribution in [-0.2, 0) is 11.2 Å². The minimum Gasteiger partial charge on any atom is -0.495 e. The highest BCUT2D eigenvalue weighted by Gasteiger charge is 2.08. The molecule has 110 valence electrons. The van der Waals surface area contributed by atoms with Gasteiger partial charge in [-0.05, 0) is 43.5 Å². The molecule has 1 amide bonds. The van der Waals surface area contributed by atoms with Gasteiger partial charge in [-0.25, -0.2) is 0 Å². The van der Waals surface area contributed by atoms with Gasteiger partial charge in [0.2, 0.25) is 5.91 Å². The number of methoxy groups -OCH3 is 1. The fourth-order valence-corrected chi connectivity index (χ4v) is 2.34. The van der Waals surface area contributed by atoms with Crippen molar-refractivity contribution in [2.45, 2.75) is 26.7 Å². The molecular formula is C18H21NO2. The first kappa shape index (κ1) is 15.1. The highest BCUT2D eigenvalue weighted by Crippen LogP contribution is 2.23. The number of hydrogen-bond donors (Lipinski definition) is 1. The minimum absolute atomic E-state index is 0.000486. The zero-order valence-corrected chi connectivity index (χ0v) is 12.8. The summed E-state index contributed by atoms with van der Waals surface area (Å²) in [5.74, 6) is 0.678. The molecule has 0 fully saturated rings. The maximum atomic E-state index is 12.1. The fourth-order valence-electron chi connectivity index (χ4n) is 2.34. The van der Waals surface area contributed by atoms with Gasteiger partial charge in [-0.3, -0.25) is 4.79 Å². The molecule has 2 aromatic rings. The van der Waals surface area contributed by atoms with Crippen LogP contribution in [0.2, 0.25) is 0 Å². The molecule has 0 atom stereocenters. The van der Waals surface area contributed by atoms with Crippen LogP contribution in [0.5, 0.6) is 5.75 Å². The van der Waals surface area contributed by atoms with E-state index < -0.39 is 0 Å². The Kier molecular flexibility index (Phi) is 4.99. The van der Waals surface area contributed by atoms with Crippen molar-refractivity contribution in [2.75, 3.05) is 12.4 Å². The number of ether oxygens (including phenoxy) is 1. The third-order valence-electron chi connectivity index (χ3n) is 3.50. The molecule has 21 heavy (non-hydrogen) atoms. The van der Waals surface area contributed by atoms with Crippen LogP contribution in [0.4, 0.5) is 5.69 Å². The predicted molar refractivity (Wildman–Crippen MR) is 85.9 cm³/mol. The lowest BCUT2D eigenvalue weighted by molar-refractivity contribution is -0.116. The van der Waals surface area contributed by atoms with E-state index in [-0.39, 0.29) is 5.91 Å². The predicted octanol–water partition coefficient (Wildman–Crippen LogP) is 3.88. The first-order valence-electron chi connectivity index (χ1n) is 7.09. The molecule has 3 nitrogen and oxygen atoms in total. The summed E-state index contributed by atoms with van der Waals surface area (Å²) < 4.78 is 5.23. The standard InChI is InChI=1S/C18H21NO2/c1-13-8-9-15(14(2)12-13)10-11-18(20)19-16-6-4-5-7-17(16)21-3/h4-9,12H,10-11H2,1-3H3,(H,19,20). The molecule has 0 saturated heterocycles. The van der Waals surface area contributed by atoms with E-state index >= 15 is 0 Å². The third-order valence-corrected chi connectivity index (χ3v) is 3.50. The number of carbonyl (C=O) groups is 1. The molecular weight excluding hydrogens is 262 g/mol. The van der Waals surface area contributed by atoms with E-state index in [9.17, 15) is 4.79 Å². The summed E-state index contributed by atoms with van der Waals surface area (Å²) in [6.07, 6.45) is 1.20. The van der Waals surface area contributed by atoms with Gasteiger partial charge in [-0.15, -0.1) is 0 Å². The Bertz CT molecular complexity index is 635. The molecule has 0 bridgehead atoms. The Morgan fingerprint density at radius 1 is 1.14 bits per heavy atom. The molecule has 0 unspecified atom stereocenters. The second kappa shape index (κ2) is 6.93. The van der Waals surface area contributed by atoms with Crippen molar-refractivity contribution in [1.82, 2.24) is 0 Å². The lowest BCUT2D eigenvalue weighted by atomic mass is 10.0. The first-order valence-corrected chi connectivity index (χ1v) is 7.09. The number of rotatable bonds is 5. The monoisotopic (exact) mass is 283 g/mol. The highest BCUT2D eigenvalue weighted by molar-refractivity contribution is 5.92. The smallest absolute Gasteiger partial charge is 0.224 e. The number of amides is 1. The molecule has 0 saturated carbocycles. The molecule has 1 N–H and O–H groups in total. The van der Waals surface area contributed by atoms with Gasteiger partial charge in [-0.1, -0.05) is 35.9 Å². The highest BCUT2D eigenvalue weighted by atomic mass is 16.5. The molecule has 3 heteroatoms. The Labute approximate surface area is 126 Å². The molecule has 0 aromatic heterocycles. The summed E-state index contributed by atoms with van der Waals surface area (Å²) in [7, 11) is 1.60. The maximum absolute atomic E-state index is 12.1. The van der Waals surface area contributed by atoms with Gasteiger partial charge in [0, 0.05) is 6.42 Å². The van der Waals surface area contributed by atoms with Gasteiger partial charge in [-0.2, -0.15) is 0 Å². The van der Waals surface area contributed by atoms with E-state index in [2.05, 4.69) is 37.4 Å². The number of hydrogen-bond acceptors (Lipinski definition) is 2. The lowest BCUT2D eigenvalue weighted by Crippen LogP contribution is -2.13. The molecule has 0 spiro atoms. The van der Waals surface area contributed by atoms with Crippen molar-refractivity contribution in [1.29, 1.82) is 0 Å². The van der Waals surface area contributed by atoms with E-state index in [0.717, 1.165) is 6.42 Å². The van der Waals surface area contributed by atoms with Crippen LogP contribution >= 0.6 is 0 Å². The SMILES string of the molecule is COc1ccccc1NC(=O)CCc1ccc(C)cc1C. The van der Waals surface area contributed by atoms with Crippen LogP contribution < -0.4 is 10.1 Å². The van der Waals surface area contributed by atoms with Crippen LogP contribution in [0.3, 0.4) is 0 Å². The van der Waals surface area contributed by atoms with Crippen molar-refractivity contribution < 1.29 is 9.53 Å². The summed E-state index contributed by atoms with van der Waals surface area (Å²) in [5.41, 5.74) is 4.41. The van der Waals surface area contributed by atoms with E-state index in [1.54, 1.807) is 7.11 Å². The van der Waals surface area contributed by atoms with Gasteiger partial charge in [0.05, 0.1) is 12.8 Å². The van der Waals surface area contributed by atoms with Crippen LogP contribution in [0, 0.1) is 13.8 Å². The van der Waals surface area contributed by atoms with E-state index in [4.69, 9.17) is 4.74 Å².